The molecule has 3 aromatic rings. The maximum absolute atomic E-state index is 12.8. The fraction of sp³-hybridized carbons (Fsp3) is 0.208. The van der Waals surface area contributed by atoms with Crippen LogP contribution in [0.1, 0.15) is 11.7 Å². The number of aliphatic imine (C=N–C) groups is 1. The molecule has 0 saturated carbocycles. The van der Waals surface area contributed by atoms with E-state index in [0.29, 0.717) is 15.9 Å². The smallest absolute Gasteiger partial charge is 0.316 e. The van der Waals surface area contributed by atoms with Crippen molar-refractivity contribution in [1.82, 2.24) is 4.98 Å². The van der Waals surface area contributed by atoms with Gasteiger partial charge in [0.25, 0.3) is 0 Å². The zero-order valence-corrected chi connectivity index (χ0v) is 19.6. The first-order valence-electron chi connectivity index (χ1n) is 10.3. The van der Waals surface area contributed by atoms with Gasteiger partial charge in [-0.25, -0.2) is 9.98 Å². The van der Waals surface area contributed by atoms with Crippen LogP contribution in [0.4, 0.5) is 5.13 Å². The second kappa shape index (κ2) is 10.5. The van der Waals surface area contributed by atoms with E-state index in [-0.39, 0.29) is 24.0 Å². The lowest BCUT2D eigenvalue weighted by Crippen LogP contribution is -2.36. The maximum Gasteiger partial charge on any atom is 0.316 e. The number of amides is 1. The first-order chi connectivity index (χ1) is 16.5. The summed E-state index contributed by atoms with van der Waals surface area (Å²) in [6, 6.07) is 13.2. The van der Waals surface area contributed by atoms with E-state index in [9.17, 15) is 14.9 Å². The van der Waals surface area contributed by atoms with Gasteiger partial charge in [0, 0.05) is 5.70 Å². The molecule has 1 unspecified atom stereocenters. The number of thiazole rings is 1. The lowest BCUT2D eigenvalue weighted by atomic mass is 9.77. The summed E-state index contributed by atoms with van der Waals surface area (Å²) in [5.74, 6) is -2.78. The van der Waals surface area contributed by atoms with Crippen molar-refractivity contribution in [2.24, 2.45) is 16.8 Å². The normalized spacial score (nSPS) is 19.8. The number of benzene rings is 1. The Labute approximate surface area is 204 Å². The second-order valence-electron chi connectivity index (χ2n) is 7.31. The van der Waals surface area contributed by atoms with Crippen LogP contribution < -0.4 is 5.32 Å². The van der Waals surface area contributed by atoms with Gasteiger partial charge in [0.1, 0.15) is 24.2 Å². The fourth-order valence-electron chi connectivity index (χ4n) is 3.63. The Balaban J connectivity index is 1.51. The molecule has 0 radical (unpaired) electrons. The van der Waals surface area contributed by atoms with Gasteiger partial charge in [-0.15, -0.1) is 0 Å². The topological polar surface area (TPSA) is 118 Å². The molecule has 8 nitrogen and oxygen atoms in total. The Hall–Kier alpha value is -3.68. The van der Waals surface area contributed by atoms with Gasteiger partial charge in [-0.1, -0.05) is 54.5 Å². The number of hydrogen-bond acceptors (Lipinski definition) is 9. The summed E-state index contributed by atoms with van der Waals surface area (Å²) in [6.45, 7) is 7.51. The first kappa shape index (κ1) is 23.5. The molecule has 172 valence electrons. The molecule has 1 amide bonds. The summed E-state index contributed by atoms with van der Waals surface area (Å²) in [6.07, 6.45) is 2.93. The third kappa shape index (κ3) is 4.95. The second-order valence-corrected chi connectivity index (χ2v) is 9.34. The van der Waals surface area contributed by atoms with E-state index in [1.54, 1.807) is 12.1 Å². The average molecular weight is 493 g/mol. The third-order valence-electron chi connectivity index (χ3n) is 5.10. The highest BCUT2D eigenvalue weighted by molar-refractivity contribution is 8.14. The van der Waals surface area contributed by atoms with Gasteiger partial charge >= 0.3 is 5.97 Å². The van der Waals surface area contributed by atoms with E-state index >= 15 is 0 Å². The lowest BCUT2D eigenvalue weighted by molar-refractivity contribution is -0.147. The van der Waals surface area contributed by atoms with Crippen LogP contribution in [-0.4, -0.2) is 34.3 Å². The number of para-hydroxylation sites is 1. The minimum absolute atomic E-state index is 0.0106. The summed E-state index contributed by atoms with van der Waals surface area (Å²) in [5.41, 5.74) is 1.06. The highest BCUT2D eigenvalue weighted by Gasteiger charge is 2.46. The number of furan rings is 1. The molecule has 1 N–H and O–H groups in total. The number of aromatic nitrogens is 1. The molecule has 0 bridgehead atoms. The Kier molecular flexibility index (Phi) is 7.25. The molecule has 34 heavy (non-hydrogen) atoms. The molecule has 1 aromatic carbocycles. The van der Waals surface area contributed by atoms with E-state index in [4.69, 9.17) is 9.15 Å². The molecule has 3 atom stereocenters. The number of nitrogens with zero attached hydrogens (tertiary/aromatic N) is 3. The van der Waals surface area contributed by atoms with Crippen LogP contribution in [-0.2, 0) is 14.3 Å². The number of esters is 1. The molecule has 0 spiro atoms. The fourth-order valence-corrected chi connectivity index (χ4v) is 5.43. The molecule has 4 rings (SSSR count). The highest BCUT2D eigenvalue weighted by Crippen LogP contribution is 2.44. The first-order valence-corrected chi connectivity index (χ1v) is 12.1. The zero-order chi connectivity index (χ0) is 24.1. The van der Waals surface area contributed by atoms with Crippen molar-refractivity contribution >= 4 is 55.4 Å². The van der Waals surface area contributed by atoms with Crippen molar-refractivity contribution in [2.45, 2.75) is 5.92 Å². The number of carbonyl (C=O) groups excluding carboxylic acids is 2. The van der Waals surface area contributed by atoms with Crippen molar-refractivity contribution in [3.8, 4) is 6.07 Å². The number of carbonyl (C=O) groups is 2. The molecular formula is C24H20N4O4S2. The molecule has 1 aliphatic rings. The number of anilines is 1. The van der Waals surface area contributed by atoms with Crippen molar-refractivity contribution in [2.75, 3.05) is 17.7 Å². The number of nitriles is 1. The minimum Gasteiger partial charge on any atom is -0.469 e. The van der Waals surface area contributed by atoms with Gasteiger partial charge < -0.3 is 14.5 Å². The number of ether oxygens (including phenoxy) is 1. The SMILES string of the molecule is C=CCOC(=O)[C@@H]1C(=C)N=C(SCC(=O)Nc2nc3ccccc3s2)C(C#N)[C@@H]1c1ccco1. The Morgan fingerprint density at radius 3 is 2.85 bits per heavy atom. The van der Waals surface area contributed by atoms with Crippen LogP contribution >= 0.6 is 23.1 Å². The Morgan fingerprint density at radius 2 is 2.15 bits per heavy atom. The molecule has 3 heterocycles. The summed E-state index contributed by atoms with van der Waals surface area (Å²) >= 11 is 2.50. The monoisotopic (exact) mass is 492 g/mol. The minimum atomic E-state index is -0.892. The van der Waals surface area contributed by atoms with Gasteiger partial charge in [-0.05, 0) is 24.3 Å². The van der Waals surface area contributed by atoms with Crippen LogP contribution in [0.5, 0.6) is 0 Å². The third-order valence-corrected chi connectivity index (χ3v) is 7.10. The van der Waals surface area contributed by atoms with Crippen molar-refractivity contribution in [1.29, 1.82) is 5.26 Å². The van der Waals surface area contributed by atoms with E-state index < -0.39 is 23.7 Å². The molecule has 10 heteroatoms. The Morgan fingerprint density at radius 1 is 1.32 bits per heavy atom. The maximum atomic E-state index is 12.8. The lowest BCUT2D eigenvalue weighted by Gasteiger charge is -2.32. The largest absolute Gasteiger partial charge is 0.469 e. The zero-order valence-electron chi connectivity index (χ0n) is 18.0. The number of hydrogen-bond donors (Lipinski definition) is 1. The average Bonchev–Trinajstić information content (AvgIpc) is 3.50. The van der Waals surface area contributed by atoms with Crippen LogP contribution in [0, 0.1) is 23.2 Å². The molecule has 0 fully saturated rings. The van der Waals surface area contributed by atoms with Crippen molar-refractivity contribution < 1.29 is 18.7 Å². The number of nitrogens with one attached hydrogen (secondary N) is 1. The highest BCUT2D eigenvalue weighted by atomic mass is 32.2. The molecule has 0 aliphatic carbocycles. The summed E-state index contributed by atoms with van der Waals surface area (Å²) < 4.78 is 11.8. The van der Waals surface area contributed by atoms with Gasteiger partial charge in [0.2, 0.25) is 5.91 Å². The van der Waals surface area contributed by atoms with E-state index in [0.717, 1.165) is 22.0 Å². The summed E-state index contributed by atoms with van der Waals surface area (Å²) in [5, 5.41) is 13.7. The van der Waals surface area contributed by atoms with Crippen LogP contribution in [0.2, 0.25) is 0 Å². The van der Waals surface area contributed by atoms with Crippen molar-refractivity contribution in [3.63, 3.8) is 0 Å². The van der Waals surface area contributed by atoms with Crippen LogP contribution in [0.15, 0.2) is 77.0 Å². The van der Waals surface area contributed by atoms with E-state index in [1.165, 1.54) is 23.7 Å². The van der Waals surface area contributed by atoms with Gasteiger partial charge in [0.15, 0.2) is 5.13 Å². The molecule has 2 aromatic heterocycles. The van der Waals surface area contributed by atoms with Crippen LogP contribution in [0.3, 0.4) is 0 Å². The van der Waals surface area contributed by atoms with Crippen LogP contribution in [0.25, 0.3) is 10.2 Å². The van der Waals surface area contributed by atoms with E-state index in [2.05, 4.69) is 34.5 Å². The summed E-state index contributed by atoms with van der Waals surface area (Å²) in [4.78, 5) is 34.2. The van der Waals surface area contributed by atoms with Gasteiger partial charge in [-0.2, -0.15) is 5.26 Å². The number of rotatable bonds is 7. The quantitative estimate of drug-likeness (QED) is 0.373. The molecular weight excluding hydrogens is 472 g/mol. The van der Waals surface area contributed by atoms with Gasteiger partial charge in [-0.3, -0.25) is 9.59 Å². The standard InChI is InChI=1S/C24H20N4O4S2/c1-3-10-32-23(30)20-14(2)26-22(15(12-25)21(20)17-8-6-11-31-17)33-13-19(29)28-24-27-16-7-4-5-9-18(16)34-24/h3-9,11,15,20-21H,1-2,10,13H2,(H,27,28,29)/t15?,20-,21-/m1/s1. The molecule has 1 aliphatic heterocycles. The predicted molar refractivity (Wildman–Crippen MR) is 132 cm³/mol. The predicted octanol–water partition coefficient (Wildman–Crippen LogP) is 4.76. The Bertz CT molecular complexity index is 1270. The number of thioether (sulfide) groups is 1. The number of fused-ring (bicyclic) bond motifs is 1. The molecule has 0 saturated heterocycles. The van der Waals surface area contributed by atoms with Crippen molar-refractivity contribution in [3.05, 3.63) is 73.4 Å². The van der Waals surface area contributed by atoms with Gasteiger partial charge in [0.05, 0.1) is 39.3 Å². The summed E-state index contributed by atoms with van der Waals surface area (Å²) in [7, 11) is 0. The van der Waals surface area contributed by atoms with E-state index in [1.807, 2.05) is 24.3 Å².